The van der Waals surface area contributed by atoms with E-state index in [0.29, 0.717) is 17.7 Å². The second kappa shape index (κ2) is 6.91. The predicted octanol–water partition coefficient (Wildman–Crippen LogP) is 1.75. The number of benzene rings is 1. The quantitative estimate of drug-likeness (QED) is 0.658. The lowest BCUT2D eigenvalue weighted by Crippen LogP contribution is -2.40. The van der Waals surface area contributed by atoms with E-state index in [1.165, 1.54) is 10.4 Å². The van der Waals surface area contributed by atoms with E-state index in [-0.39, 0.29) is 35.6 Å². The van der Waals surface area contributed by atoms with Crippen LogP contribution in [0, 0.1) is 24.0 Å². The molecule has 0 aromatic heterocycles. The molecule has 0 bridgehead atoms. The van der Waals surface area contributed by atoms with Gasteiger partial charge in [0.25, 0.3) is 5.69 Å². The number of nitro groups is 1. The van der Waals surface area contributed by atoms with Crippen molar-refractivity contribution in [2.24, 2.45) is 5.73 Å². The lowest BCUT2D eigenvalue weighted by Gasteiger charge is -2.24. The summed E-state index contributed by atoms with van der Waals surface area (Å²) < 4.78 is 27.0. The summed E-state index contributed by atoms with van der Waals surface area (Å²) in [6.45, 7) is 4.00. The number of rotatable bonds is 4. The molecule has 9 heteroatoms. The summed E-state index contributed by atoms with van der Waals surface area (Å²) in [6, 6.07) is 2.30. The molecular weight excluding hydrogens is 330 g/mol. The number of nitro benzene ring substituents is 1. The molecule has 1 atom stereocenters. The van der Waals surface area contributed by atoms with Crippen molar-refractivity contribution in [3.8, 4) is 0 Å². The molecular formula is C13H20ClN3O4S. The molecule has 0 radical (unpaired) electrons. The third-order valence-electron chi connectivity index (χ3n) is 4.00. The summed E-state index contributed by atoms with van der Waals surface area (Å²) in [5.41, 5.74) is 6.56. The van der Waals surface area contributed by atoms with Crippen LogP contribution in [-0.2, 0) is 10.0 Å². The molecule has 7 nitrogen and oxygen atoms in total. The Labute approximate surface area is 136 Å². The summed E-state index contributed by atoms with van der Waals surface area (Å²) in [5.74, 6) is 0. The molecule has 1 aliphatic heterocycles. The first-order valence-corrected chi connectivity index (χ1v) is 8.20. The number of nitrogens with two attached hydrogens (primary N) is 1. The number of nitrogens with zero attached hydrogens (tertiary/aromatic N) is 2. The highest BCUT2D eigenvalue weighted by atomic mass is 35.5. The van der Waals surface area contributed by atoms with Gasteiger partial charge >= 0.3 is 0 Å². The van der Waals surface area contributed by atoms with Crippen LogP contribution in [0.3, 0.4) is 0 Å². The fourth-order valence-corrected chi connectivity index (χ4v) is 4.69. The molecule has 22 heavy (non-hydrogen) atoms. The maximum atomic E-state index is 12.8. The maximum absolute atomic E-state index is 12.8. The first kappa shape index (κ1) is 18.8. The highest BCUT2D eigenvalue weighted by molar-refractivity contribution is 7.89. The van der Waals surface area contributed by atoms with Gasteiger partial charge < -0.3 is 5.73 Å². The molecule has 0 spiro atoms. The zero-order chi connectivity index (χ0) is 15.8. The van der Waals surface area contributed by atoms with Crippen LogP contribution >= 0.6 is 12.4 Å². The van der Waals surface area contributed by atoms with Crippen molar-refractivity contribution >= 4 is 28.1 Å². The Morgan fingerprint density at radius 1 is 1.41 bits per heavy atom. The number of non-ortho nitro benzene ring substituents is 1. The number of aryl methyl sites for hydroxylation is 1. The summed E-state index contributed by atoms with van der Waals surface area (Å²) in [7, 11) is -3.76. The molecule has 1 unspecified atom stereocenters. The van der Waals surface area contributed by atoms with E-state index >= 15 is 0 Å². The van der Waals surface area contributed by atoms with Gasteiger partial charge in [0.1, 0.15) is 0 Å². The minimum absolute atomic E-state index is 0. The van der Waals surface area contributed by atoms with E-state index in [9.17, 15) is 18.5 Å². The van der Waals surface area contributed by atoms with Gasteiger partial charge in [-0.25, -0.2) is 8.42 Å². The average Bonchev–Trinajstić information content (AvgIpc) is 2.90. The zero-order valence-corrected chi connectivity index (χ0v) is 14.1. The first-order valence-electron chi connectivity index (χ1n) is 6.76. The molecule has 1 aliphatic rings. The van der Waals surface area contributed by atoms with Gasteiger partial charge in [0.2, 0.25) is 10.0 Å². The lowest BCUT2D eigenvalue weighted by molar-refractivity contribution is -0.385. The highest BCUT2D eigenvalue weighted by Gasteiger charge is 2.36. The molecule has 2 N–H and O–H groups in total. The van der Waals surface area contributed by atoms with Crippen LogP contribution in [0.4, 0.5) is 5.69 Å². The second-order valence-electron chi connectivity index (χ2n) is 5.29. The van der Waals surface area contributed by atoms with Gasteiger partial charge in [-0.1, -0.05) is 0 Å². The molecule has 1 saturated heterocycles. The minimum Gasteiger partial charge on any atom is -0.329 e. The Morgan fingerprint density at radius 2 is 2.05 bits per heavy atom. The van der Waals surface area contributed by atoms with E-state index in [2.05, 4.69) is 0 Å². The van der Waals surface area contributed by atoms with Crippen molar-refractivity contribution in [1.82, 2.24) is 4.31 Å². The predicted molar refractivity (Wildman–Crippen MR) is 85.8 cm³/mol. The van der Waals surface area contributed by atoms with E-state index in [1.807, 2.05) is 0 Å². The van der Waals surface area contributed by atoms with Gasteiger partial charge in [0.05, 0.1) is 9.82 Å². The Kier molecular flexibility index (Phi) is 5.91. The van der Waals surface area contributed by atoms with Crippen molar-refractivity contribution in [3.05, 3.63) is 33.4 Å². The first-order chi connectivity index (χ1) is 9.78. The van der Waals surface area contributed by atoms with Gasteiger partial charge in [-0.3, -0.25) is 10.1 Å². The molecule has 1 fully saturated rings. The van der Waals surface area contributed by atoms with Crippen LogP contribution in [0.25, 0.3) is 0 Å². The summed E-state index contributed by atoms with van der Waals surface area (Å²) in [6.07, 6.45) is 1.48. The van der Waals surface area contributed by atoms with E-state index in [4.69, 9.17) is 5.73 Å². The SMILES string of the molecule is Cc1cc([N+](=O)[O-])cc(S(=O)(=O)N2CCCC2CN)c1C.Cl. The molecule has 2 rings (SSSR count). The van der Waals surface area contributed by atoms with Gasteiger partial charge in [-0.05, 0) is 37.8 Å². The van der Waals surface area contributed by atoms with Crippen molar-refractivity contribution in [3.63, 3.8) is 0 Å². The number of hydrogen-bond acceptors (Lipinski definition) is 5. The summed E-state index contributed by atoms with van der Waals surface area (Å²) in [4.78, 5) is 10.4. The molecule has 1 aromatic rings. The zero-order valence-electron chi connectivity index (χ0n) is 12.5. The van der Waals surface area contributed by atoms with Gasteiger partial charge in [-0.2, -0.15) is 4.31 Å². The lowest BCUT2D eigenvalue weighted by atomic mass is 10.1. The second-order valence-corrected chi connectivity index (χ2v) is 7.15. The highest BCUT2D eigenvalue weighted by Crippen LogP contribution is 2.31. The minimum atomic E-state index is -3.76. The standard InChI is InChI=1S/C13H19N3O4S.ClH/c1-9-6-12(16(17)18)7-13(10(9)2)21(19,20)15-5-3-4-11(15)8-14;/h6-7,11H,3-5,8,14H2,1-2H3;1H. The Balaban J connectivity index is 0.00000242. The molecule has 0 amide bonds. The van der Waals surface area contributed by atoms with Crippen molar-refractivity contribution in [2.75, 3.05) is 13.1 Å². The molecule has 1 heterocycles. The van der Waals surface area contributed by atoms with Gasteiger partial charge in [-0.15, -0.1) is 12.4 Å². The molecule has 1 aromatic carbocycles. The number of sulfonamides is 1. The van der Waals surface area contributed by atoms with Crippen LogP contribution in [-0.4, -0.2) is 36.8 Å². The molecule has 124 valence electrons. The largest absolute Gasteiger partial charge is 0.329 e. The van der Waals surface area contributed by atoms with Crippen LogP contribution in [0.15, 0.2) is 17.0 Å². The Hall–Kier alpha value is -1.22. The van der Waals surface area contributed by atoms with Crippen molar-refractivity contribution < 1.29 is 13.3 Å². The van der Waals surface area contributed by atoms with E-state index < -0.39 is 14.9 Å². The smallest absolute Gasteiger partial charge is 0.271 e. The van der Waals surface area contributed by atoms with Crippen molar-refractivity contribution in [2.45, 2.75) is 37.6 Å². The number of halogens is 1. The summed E-state index contributed by atoms with van der Waals surface area (Å²) >= 11 is 0. The topological polar surface area (TPSA) is 107 Å². The van der Waals surface area contributed by atoms with E-state index in [0.717, 1.165) is 18.9 Å². The average molecular weight is 350 g/mol. The Bertz CT molecular complexity index is 678. The monoisotopic (exact) mass is 349 g/mol. The fourth-order valence-electron chi connectivity index (χ4n) is 2.67. The summed E-state index contributed by atoms with van der Waals surface area (Å²) in [5, 5.41) is 11.0. The fraction of sp³-hybridized carbons (Fsp3) is 0.538. The molecule has 0 aliphatic carbocycles. The number of hydrogen-bond donors (Lipinski definition) is 1. The third kappa shape index (κ3) is 3.24. The Morgan fingerprint density at radius 3 is 2.59 bits per heavy atom. The van der Waals surface area contributed by atoms with Crippen molar-refractivity contribution in [1.29, 1.82) is 0 Å². The molecule has 0 saturated carbocycles. The van der Waals surface area contributed by atoms with Crippen LogP contribution < -0.4 is 5.73 Å². The normalized spacial score (nSPS) is 19.0. The van der Waals surface area contributed by atoms with Crippen LogP contribution in [0.5, 0.6) is 0 Å². The van der Waals surface area contributed by atoms with Gasteiger partial charge in [0, 0.05) is 31.3 Å². The van der Waals surface area contributed by atoms with Gasteiger partial charge in [0.15, 0.2) is 0 Å². The third-order valence-corrected chi connectivity index (χ3v) is 6.08. The maximum Gasteiger partial charge on any atom is 0.271 e. The van der Waals surface area contributed by atoms with Crippen LogP contribution in [0.1, 0.15) is 24.0 Å². The van der Waals surface area contributed by atoms with Crippen LogP contribution in [0.2, 0.25) is 0 Å². The van der Waals surface area contributed by atoms with E-state index in [1.54, 1.807) is 13.8 Å².